The minimum Gasteiger partial charge on any atom is -0.332 e. The van der Waals surface area contributed by atoms with Crippen molar-refractivity contribution in [1.29, 1.82) is 0 Å². The minimum atomic E-state index is 0.186. The first-order valence-corrected chi connectivity index (χ1v) is 6.41. The molecule has 0 unspecified atom stereocenters. The molecule has 17 heavy (non-hydrogen) atoms. The fourth-order valence-corrected chi connectivity index (χ4v) is 2.41. The molecule has 1 amide bonds. The van der Waals surface area contributed by atoms with E-state index in [9.17, 15) is 4.79 Å². The largest absolute Gasteiger partial charge is 0.332 e. The van der Waals surface area contributed by atoms with Crippen LogP contribution in [0, 0.1) is 5.92 Å². The molecule has 2 rings (SSSR count). The topological polar surface area (TPSA) is 20.3 Å². The maximum atomic E-state index is 12.1. The van der Waals surface area contributed by atoms with Gasteiger partial charge in [0.2, 0.25) is 0 Å². The fourth-order valence-electron chi connectivity index (χ4n) is 2.41. The molecule has 1 heterocycles. The number of benzene rings is 1. The predicted octanol–water partition coefficient (Wildman–Crippen LogP) is 3.25. The van der Waals surface area contributed by atoms with E-state index >= 15 is 0 Å². The Hall–Kier alpha value is -1.31. The van der Waals surface area contributed by atoms with Crippen molar-refractivity contribution in [2.75, 3.05) is 0 Å². The van der Waals surface area contributed by atoms with Crippen LogP contribution >= 0.6 is 0 Å². The van der Waals surface area contributed by atoms with Crippen molar-refractivity contribution in [2.24, 2.45) is 5.92 Å². The average molecular weight is 231 g/mol. The lowest BCUT2D eigenvalue weighted by Gasteiger charge is -2.19. The summed E-state index contributed by atoms with van der Waals surface area (Å²) in [5.74, 6) is 0.845. The maximum absolute atomic E-state index is 12.1. The fraction of sp³-hybridized carbons (Fsp3) is 0.533. The van der Waals surface area contributed by atoms with E-state index in [0.717, 1.165) is 18.5 Å². The minimum absolute atomic E-state index is 0.186. The van der Waals surface area contributed by atoms with Crippen molar-refractivity contribution in [3.8, 4) is 0 Å². The molecule has 0 radical (unpaired) electrons. The summed E-state index contributed by atoms with van der Waals surface area (Å²) in [6, 6.07) is 6.58. The van der Waals surface area contributed by atoms with Gasteiger partial charge in [-0.2, -0.15) is 0 Å². The molecule has 2 heteroatoms. The van der Waals surface area contributed by atoms with Gasteiger partial charge in [-0.25, -0.2) is 0 Å². The smallest absolute Gasteiger partial charge is 0.254 e. The van der Waals surface area contributed by atoms with Gasteiger partial charge >= 0.3 is 0 Å². The van der Waals surface area contributed by atoms with Crippen LogP contribution in [0.5, 0.6) is 0 Å². The Balaban J connectivity index is 2.26. The van der Waals surface area contributed by atoms with Crippen LogP contribution in [0.3, 0.4) is 0 Å². The lowest BCUT2D eigenvalue weighted by atomic mass is 9.99. The zero-order chi connectivity index (χ0) is 12.6. The van der Waals surface area contributed by atoms with Gasteiger partial charge in [-0.3, -0.25) is 4.79 Å². The third-order valence-electron chi connectivity index (χ3n) is 3.27. The average Bonchev–Trinajstić information content (AvgIpc) is 2.55. The van der Waals surface area contributed by atoms with Crippen LogP contribution in [0.2, 0.25) is 0 Å². The second-order valence-electron chi connectivity index (χ2n) is 5.62. The molecule has 2 nitrogen and oxygen atoms in total. The molecule has 0 spiro atoms. The SMILES string of the molecule is CC(C)Cc1ccc2c(c1)CN(C(C)C)C2=O. The Morgan fingerprint density at radius 2 is 1.94 bits per heavy atom. The van der Waals surface area contributed by atoms with Gasteiger partial charge in [0.1, 0.15) is 0 Å². The third-order valence-corrected chi connectivity index (χ3v) is 3.27. The first-order chi connectivity index (χ1) is 7.99. The van der Waals surface area contributed by atoms with Crippen LogP contribution in [0.1, 0.15) is 49.2 Å². The van der Waals surface area contributed by atoms with E-state index in [0.29, 0.717) is 5.92 Å². The van der Waals surface area contributed by atoms with Gasteiger partial charge in [0.05, 0.1) is 0 Å². The molecule has 0 bridgehead atoms. The van der Waals surface area contributed by atoms with E-state index in [1.165, 1.54) is 11.1 Å². The van der Waals surface area contributed by atoms with Crippen molar-refractivity contribution >= 4 is 5.91 Å². The first kappa shape index (κ1) is 12.2. The van der Waals surface area contributed by atoms with Crippen LogP contribution < -0.4 is 0 Å². The third kappa shape index (κ3) is 2.36. The van der Waals surface area contributed by atoms with Crippen LogP contribution in [-0.4, -0.2) is 16.8 Å². The molecular formula is C15H21NO. The summed E-state index contributed by atoms with van der Waals surface area (Å²) in [6.45, 7) is 9.35. The molecule has 1 aliphatic heterocycles. The molecular weight excluding hydrogens is 210 g/mol. The highest BCUT2D eigenvalue weighted by Gasteiger charge is 2.28. The van der Waals surface area contributed by atoms with E-state index in [4.69, 9.17) is 0 Å². The van der Waals surface area contributed by atoms with E-state index in [1.54, 1.807) is 0 Å². The quantitative estimate of drug-likeness (QED) is 0.782. The predicted molar refractivity (Wildman–Crippen MR) is 70.0 cm³/mol. The zero-order valence-corrected chi connectivity index (χ0v) is 11.2. The summed E-state index contributed by atoms with van der Waals surface area (Å²) < 4.78 is 0. The maximum Gasteiger partial charge on any atom is 0.254 e. The van der Waals surface area contributed by atoms with Crippen LogP contribution in [0.4, 0.5) is 0 Å². The van der Waals surface area contributed by atoms with E-state index in [-0.39, 0.29) is 11.9 Å². The molecule has 0 fully saturated rings. The number of rotatable bonds is 3. The van der Waals surface area contributed by atoms with Crippen LogP contribution in [-0.2, 0) is 13.0 Å². The first-order valence-electron chi connectivity index (χ1n) is 6.41. The molecule has 1 aromatic carbocycles. The lowest BCUT2D eigenvalue weighted by molar-refractivity contribution is 0.0730. The van der Waals surface area contributed by atoms with Crippen molar-refractivity contribution in [3.05, 3.63) is 34.9 Å². The van der Waals surface area contributed by atoms with E-state index < -0.39 is 0 Å². The number of hydrogen-bond acceptors (Lipinski definition) is 1. The number of carbonyl (C=O) groups excluding carboxylic acids is 1. The Morgan fingerprint density at radius 3 is 2.53 bits per heavy atom. The van der Waals surface area contributed by atoms with Gasteiger partial charge < -0.3 is 4.90 Å². The molecule has 1 aliphatic rings. The van der Waals surface area contributed by atoms with Crippen LogP contribution in [0.25, 0.3) is 0 Å². The van der Waals surface area contributed by atoms with Gasteiger partial charge in [0.15, 0.2) is 0 Å². The van der Waals surface area contributed by atoms with Gasteiger partial charge in [-0.05, 0) is 43.4 Å². The highest BCUT2D eigenvalue weighted by molar-refractivity contribution is 5.98. The Labute approximate surface area is 104 Å². The second kappa shape index (κ2) is 4.52. The number of hydrogen-bond donors (Lipinski definition) is 0. The molecule has 1 aromatic rings. The summed E-state index contributed by atoms with van der Waals surface area (Å²) in [5.41, 5.74) is 3.44. The highest BCUT2D eigenvalue weighted by Crippen LogP contribution is 2.26. The number of amides is 1. The van der Waals surface area contributed by atoms with E-state index in [2.05, 4.69) is 39.8 Å². The molecule has 0 saturated carbocycles. The van der Waals surface area contributed by atoms with Crippen molar-refractivity contribution < 1.29 is 4.79 Å². The number of nitrogens with zero attached hydrogens (tertiary/aromatic N) is 1. The van der Waals surface area contributed by atoms with E-state index in [1.807, 2.05) is 11.0 Å². The molecule has 0 saturated heterocycles. The molecule has 0 aliphatic carbocycles. The Kier molecular flexibility index (Phi) is 3.23. The molecule has 0 N–H and O–H groups in total. The lowest BCUT2D eigenvalue weighted by Crippen LogP contribution is -2.30. The number of fused-ring (bicyclic) bond motifs is 1. The molecule has 0 atom stereocenters. The van der Waals surface area contributed by atoms with Gasteiger partial charge in [-0.1, -0.05) is 26.0 Å². The standard InChI is InChI=1S/C15H21NO/c1-10(2)7-12-5-6-14-13(8-12)9-16(11(3)4)15(14)17/h5-6,8,10-11H,7,9H2,1-4H3. The number of carbonyl (C=O) groups is 1. The van der Waals surface area contributed by atoms with Gasteiger partial charge in [0, 0.05) is 18.2 Å². The highest BCUT2D eigenvalue weighted by atomic mass is 16.2. The van der Waals surface area contributed by atoms with Crippen molar-refractivity contribution in [1.82, 2.24) is 4.90 Å². The summed E-state index contributed by atoms with van der Waals surface area (Å²) in [4.78, 5) is 14.0. The Bertz CT molecular complexity index is 435. The monoisotopic (exact) mass is 231 g/mol. The van der Waals surface area contributed by atoms with Crippen LogP contribution in [0.15, 0.2) is 18.2 Å². The van der Waals surface area contributed by atoms with Gasteiger partial charge in [0.25, 0.3) is 5.91 Å². The zero-order valence-electron chi connectivity index (χ0n) is 11.2. The summed E-state index contributed by atoms with van der Waals surface area (Å²) in [7, 11) is 0. The molecule has 92 valence electrons. The normalized spacial score (nSPS) is 14.9. The molecule has 0 aromatic heterocycles. The second-order valence-corrected chi connectivity index (χ2v) is 5.62. The summed E-state index contributed by atoms with van der Waals surface area (Å²) in [6.07, 6.45) is 1.09. The summed E-state index contributed by atoms with van der Waals surface area (Å²) in [5, 5.41) is 0. The van der Waals surface area contributed by atoms with Crippen molar-refractivity contribution in [3.63, 3.8) is 0 Å². The van der Waals surface area contributed by atoms with Crippen molar-refractivity contribution in [2.45, 2.75) is 46.7 Å². The summed E-state index contributed by atoms with van der Waals surface area (Å²) >= 11 is 0. The Morgan fingerprint density at radius 1 is 1.24 bits per heavy atom. The van der Waals surface area contributed by atoms with Gasteiger partial charge in [-0.15, -0.1) is 0 Å².